The van der Waals surface area contributed by atoms with Crippen molar-refractivity contribution in [1.82, 2.24) is 20.5 Å². The number of guanidine groups is 1. The molecule has 1 fully saturated rings. The average Bonchev–Trinajstić information content (AvgIpc) is 3.15. The van der Waals surface area contributed by atoms with E-state index in [-0.39, 0.29) is 24.0 Å². The van der Waals surface area contributed by atoms with Crippen molar-refractivity contribution in [3.05, 3.63) is 15.6 Å². The molecule has 5 nitrogen and oxygen atoms in total. The van der Waals surface area contributed by atoms with Crippen LogP contribution in [-0.4, -0.2) is 55.1 Å². The molecule has 2 heterocycles. The van der Waals surface area contributed by atoms with Gasteiger partial charge < -0.3 is 15.5 Å². The van der Waals surface area contributed by atoms with Crippen molar-refractivity contribution in [2.24, 2.45) is 10.9 Å². The lowest BCUT2D eigenvalue weighted by molar-refractivity contribution is 0.291. The molecule has 7 heteroatoms. The van der Waals surface area contributed by atoms with Crippen LogP contribution in [-0.2, 0) is 6.42 Å². The van der Waals surface area contributed by atoms with Gasteiger partial charge in [0.05, 0.1) is 10.7 Å². The highest BCUT2D eigenvalue weighted by molar-refractivity contribution is 14.0. The molecule has 1 atom stereocenters. The molecule has 0 radical (unpaired) electrons. The van der Waals surface area contributed by atoms with Gasteiger partial charge in [-0.05, 0) is 52.6 Å². The number of hydrogen-bond acceptors (Lipinski definition) is 4. The smallest absolute Gasteiger partial charge is 0.191 e. The van der Waals surface area contributed by atoms with Crippen molar-refractivity contribution in [1.29, 1.82) is 0 Å². The largest absolute Gasteiger partial charge is 0.357 e. The molecule has 1 aliphatic heterocycles. The number of thiazole rings is 1. The van der Waals surface area contributed by atoms with Crippen LogP contribution < -0.4 is 10.6 Å². The number of nitrogens with zero attached hydrogens (tertiary/aromatic N) is 3. The van der Waals surface area contributed by atoms with Gasteiger partial charge in [-0.3, -0.25) is 4.99 Å². The number of likely N-dealkylation sites (tertiary alicyclic amines) is 1. The van der Waals surface area contributed by atoms with Crippen LogP contribution in [0.1, 0.15) is 42.3 Å². The quantitative estimate of drug-likeness (QED) is 0.342. The maximum atomic E-state index is 4.76. The number of aromatic nitrogens is 1. The predicted octanol–water partition coefficient (Wildman–Crippen LogP) is 3.21. The topological polar surface area (TPSA) is 52.6 Å². The van der Waals surface area contributed by atoms with Crippen LogP contribution in [0.4, 0.5) is 0 Å². The van der Waals surface area contributed by atoms with E-state index < -0.39 is 0 Å². The summed E-state index contributed by atoms with van der Waals surface area (Å²) in [5.74, 6) is 1.53. The van der Waals surface area contributed by atoms with Gasteiger partial charge in [0.15, 0.2) is 5.96 Å². The second-order valence-electron chi connectivity index (χ2n) is 6.76. The fourth-order valence-corrected chi connectivity index (χ4v) is 3.92. The molecule has 1 aliphatic rings. The van der Waals surface area contributed by atoms with Gasteiger partial charge in [-0.2, -0.15) is 0 Å². The number of halogens is 1. The molecule has 0 aromatic carbocycles. The van der Waals surface area contributed by atoms with E-state index in [4.69, 9.17) is 4.99 Å². The van der Waals surface area contributed by atoms with Crippen LogP contribution in [0.25, 0.3) is 0 Å². The lowest BCUT2D eigenvalue weighted by Crippen LogP contribution is -2.39. The van der Waals surface area contributed by atoms with Crippen LogP contribution in [0.3, 0.4) is 0 Å². The summed E-state index contributed by atoms with van der Waals surface area (Å²) in [4.78, 5) is 13.2. The number of aliphatic imine (C=N–C) groups is 1. The minimum Gasteiger partial charge on any atom is -0.357 e. The molecule has 0 aliphatic carbocycles. The van der Waals surface area contributed by atoms with Gasteiger partial charge in [0.25, 0.3) is 0 Å². The molecule has 2 rings (SSSR count). The van der Waals surface area contributed by atoms with Gasteiger partial charge in [0.2, 0.25) is 0 Å². The Bertz CT molecular complexity index is 506. The lowest BCUT2D eigenvalue weighted by Gasteiger charge is -2.19. The average molecular weight is 479 g/mol. The van der Waals surface area contributed by atoms with E-state index in [0.717, 1.165) is 37.7 Å². The van der Waals surface area contributed by atoms with Crippen molar-refractivity contribution in [3.63, 3.8) is 0 Å². The molecule has 0 saturated carbocycles. The van der Waals surface area contributed by atoms with Crippen molar-refractivity contribution in [2.75, 3.05) is 39.3 Å². The highest BCUT2D eigenvalue weighted by Gasteiger charge is 2.14. The molecule has 1 unspecified atom stereocenters. The molecule has 2 N–H and O–H groups in total. The summed E-state index contributed by atoms with van der Waals surface area (Å²) in [6, 6.07) is 0. The fraction of sp³-hybridized carbons (Fsp3) is 0.778. The monoisotopic (exact) mass is 479 g/mol. The molecule has 0 amide bonds. The summed E-state index contributed by atoms with van der Waals surface area (Å²) in [5, 5.41) is 7.99. The first-order chi connectivity index (χ1) is 11.6. The Hall–Kier alpha value is -0.410. The van der Waals surface area contributed by atoms with Gasteiger partial charge in [0, 0.05) is 37.5 Å². The minimum absolute atomic E-state index is 0. The normalized spacial score (nSPS) is 16.6. The summed E-state index contributed by atoms with van der Waals surface area (Å²) in [6.45, 7) is 15.0. The molecule has 25 heavy (non-hydrogen) atoms. The molecule has 1 saturated heterocycles. The second kappa shape index (κ2) is 12.1. The zero-order chi connectivity index (χ0) is 17.4. The molecule has 0 bridgehead atoms. The van der Waals surface area contributed by atoms with Gasteiger partial charge in [0.1, 0.15) is 0 Å². The van der Waals surface area contributed by atoms with Gasteiger partial charge in [-0.15, -0.1) is 35.3 Å². The van der Waals surface area contributed by atoms with Crippen molar-refractivity contribution >= 4 is 41.3 Å². The van der Waals surface area contributed by atoms with E-state index >= 15 is 0 Å². The van der Waals surface area contributed by atoms with Crippen LogP contribution in [0, 0.1) is 19.8 Å². The summed E-state index contributed by atoms with van der Waals surface area (Å²) >= 11 is 1.80. The third-order valence-electron chi connectivity index (χ3n) is 4.38. The number of rotatable bonds is 8. The van der Waals surface area contributed by atoms with Crippen LogP contribution >= 0.6 is 35.3 Å². The van der Waals surface area contributed by atoms with Crippen LogP contribution in [0.15, 0.2) is 4.99 Å². The van der Waals surface area contributed by atoms with Gasteiger partial charge in [-0.1, -0.05) is 6.92 Å². The lowest BCUT2D eigenvalue weighted by atomic mass is 10.2. The van der Waals surface area contributed by atoms with Crippen LogP contribution in [0.5, 0.6) is 0 Å². The Morgan fingerprint density at radius 2 is 2.00 bits per heavy atom. The first-order valence-electron chi connectivity index (χ1n) is 9.26. The van der Waals surface area contributed by atoms with Gasteiger partial charge in [-0.25, -0.2) is 4.98 Å². The SMILES string of the molecule is CCNC(=NCC(C)CN1CCCC1)NCCc1nc(C)c(C)s1.I. The number of hydrogen-bond donors (Lipinski definition) is 2. The zero-order valence-electron chi connectivity index (χ0n) is 16.1. The Kier molecular flexibility index (Phi) is 10.9. The highest BCUT2D eigenvalue weighted by Crippen LogP contribution is 2.16. The van der Waals surface area contributed by atoms with Crippen molar-refractivity contribution in [3.8, 4) is 0 Å². The third kappa shape index (κ3) is 8.21. The first kappa shape index (κ1) is 22.6. The summed E-state index contributed by atoms with van der Waals surface area (Å²) in [6.07, 6.45) is 3.67. The molecule has 0 spiro atoms. The third-order valence-corrected chi connectivity index (χ3v) is 5.51. The molecular formula is C18H34IN5S. The maximum Gasteiger partial charge on any atom is 0.191 e. The number of nitrogens with one attached hydrogen (secondary N) is 2. The fourth-order valence-electron chi connectivity index (χ4n) is 2.99. The highest BCUT2D eigenvalue weighted by atomic mass is 127. The Labute approximate surface area is 174 Å². The van der Waals surface area contributed by atoms with Crippen LogP contribution in [0.2, 0.25) is 0 Å². The first-order valence-corrected chi connectivity index (χ1v) is 10.1. The summed E-state index contributed by atoms with van der Waals surface area (Å²) in [5.41, 5.74) is 1.16. The Balaban J connectivity index is 0.00000312. The Morgan fingerprint density at radius 3 is 2.60 bits per heavy atom. The van der Waals surface area contributed by atoms with E-state index in [0.29, 0.717) is 5.92 Å². The summed E-state index contributed by atoms with van der Waals surface area (Å²) < 4.78 is 0. The molecular weight excluding hydrogens is 445 g/mol. The van der Waals surface area contributed by atoms with Gasteiger partial charge >= 0.3 is 0 Å². The van der Waals surface area contributed by atoms with E-state index in [2.05, 4.69) is 48.2 Å². The predicted molar refractivity (Wildman–Crippen MR) is 120 cm³/mol. The molecule has 1 aromatic rings. The maximum absolute atomic E-state index is 4.76. The Morgan fingerprint density at radius 1 is 1.28 bits per heavy atom. The van der Waals surface area contributed by atoms with Crippen molar-refractivity contribution < 1.29 is 0 Å². The van der Waals surface area contributed by atoms with E-state index in [1.165, 1.54) is 42.4 Å². The standard InChI is InChI=1S/C18H33N5S.HI/c1-5-19-18(20-9-8-17-22-15(3)16(4)24-17)21-12-14(2)13-23-10-6-7-11-23;/h14H,5-13H2,1-4H3,(H2,19,20,21);1H. The van der Waals surface area contributed by atoms with Crippen molar-refractivity contribution in [2.45, 2.75) is 47.0 Å². The second-order valence-corrected chi connectivity index (χ2v) is 8.05. The molecule has 1 aromatic heterocycles. The number of aryl methyl sites for hydroxylation is 2. The van der Waals surface area contributed by atoms with E-state index in [9.17, 15) is 0 Å². The zero-order valence-corrected chi connectivity index (χ0v) is 19.2. The minimum atomic E-state index is 0. The van der Waals surface area contributed by atoms with E-state index in [1.807, 2.05) is 0 Å². The molecule has 144 valence electrons. The summed E-state index contributed by atoms with van der Waals surface area (Å²) in [7, 11) is 0. The van der Waals surface area contributed by atoms with E-state index in [1.54, 1.807) is 11.3 Å².